The van der Waals surface area contributed by atoms with Gasteiger partial charge in [0.15, 0.2) is 5.75 Å². The molecule has 0 unspecified atom stereocenters. The first kappa shape index (κ1) is 15.3. The number of anilines is 1. The third-order valence-electron chi connectivity index (χ3n) is 3.44. The molecule has 116 valence electrons. The zero-order chi connectivity index (χ0) is 16.1. The van der Waals surface area contributed by atoms with Crippen LogP contribution in [0.5, 0.6) is 11.5 Å². The SMILES string of the molecule is CCc1ccsc1C(=O)Nc1ccccc1Oc1ccccc1. The minimum atomic E-state index is -0.0963. The molecule has 0 fully saturated rings. The molecule has 3 rings (SSSR count). The van der Waals surface area contributed by atoms with Gasteiger partial charge in [0.1, 0.15) is 5.75 Å². The maximum Gasteiger partial charge on any atom is 0.266 e. The summed E-state index contributed by atoms with van der Waals surface area (Å²) >= 11 is 1.46. The molecular formula is C19H17NO2S. The molecule has 0 radical (unpaired) electrons. The van der Waals surface area contributed by atoms with Crippen LogP contribution in [-0.2, 0) is 6.42 Å². The van der Waals surface area contributed by atoms with E-state index in [1.807, 2.05) is 73.0 Å². The summed E-state index contributed by atoms with van der Waals surface area (Å²) in [6.45, 7) is 2.05. The van der Waals surface area contributed by atoms with Gasteiger partial charge in [0.25, 0.3) is 5.91 Å². The van der Waals surface area contributed by atoms with Crippen molar-refractivity contribution in [3.8, 4) is 11.5 Å². The highest BCUT2D eigenvalue weighted by Gasteiger charge is 2.14. The fourth-order valence-electron chi connectivity index (χ4n) is 2.27. The largest absolute Gasteiger partial charge is 0.455 e. The molecule has 0 saturated heterocycles. The monoisotopic (exact) mass is 323 g/mol. The molecule has 0 saturated carbocycles. The first-order valence-corrected chi connectivity index (χ1v) is 8.35. The van der Waals surface area contributed by atoms with E-state index in [1.165, 1.54) is 11.3 Å². The Morgan fingerprint density at radius 1 is 1.04 bits per heavy atom. The summed E-state index contributed by atoms with van der Waals surface area (Å²) in [5.41, 5.74) is 1.73. The van der Waals surface area contributed by atoms with Gasteiger partial charge in [-0.3, -0.25) is 4.79 Å². The average Bonchev–Trinajstić information content (AvgIpc) is 3.06. The first-order chi connectivity index (χ1) is 11.3. The fourth-order valence-corrected chi connectivity index (χ4v) is 3.16. The lowest BCUT2D eigenvalue weighted by Crippen LogP contribution is -2.12. The third kappa shape index (κ3) is 3.60. The number of rotatable bonds is 5. The smallest absolute Gasteiger partial charge is 0.266 e. The number of carbonyl (C=O) groups excluding carboxylic acids is 1. The highest BCUT2D eigenvalue weighted by atomic mass is 32.1. The zero-order valence-electron chi connectivity index (χ0n) is 12.8. The van der Waals surface area contributed by atoms with E-state index in [1.54, 1.807) is 0 Å². The molecule has 3 aromatic rings. The van der Waals surface area contributed by atoms with Crippen molar-refractivity contribution in [3.05, 3.63) is 76.5 Å². The molecule has 1 amide bonds. The molecule has 2 aromatic carbocycles. The zero-order valence-corrected chi connectivity index (χ0v) is 13.6. The van der Waals surface area contributed by atoms with E-state index in [2.05, 4.69) is 5.32 Å². The predicted octanol–water partition coefficient (Wildman–Crippen LogP) is 5.36. The highest BCUT2D eigenvalue weighted by molar-refractivity contribution is 7.12. The minimum Gasteiger partial charge on any atom is -0.455 e. The number of thiophene rings is 1. The fraction of sp³-hybridized carbons (Fsp3) is 0.105. The topological polar surface area (TPSA) is 38.3 Å². The molecule has 0 atom stereocenters. The lowest BCUT2D eigenvalue weighted by Gasteiger charge is -2.12. The van der Waals surface area contributed by atoms with Gasteiger partial charge in [0.05, 0.1) is 10.6 Å². The van der Waals surface area contributed by atoms with E-state index in [4.69, 9.17) is 4.74 Å². The first-order valence-electron chi connectivity index (χ1n) is 7.47. The van der Waals surface area contributed by atoms with E-state index >= 15 is 0 Å². The summed E-state index contributed by atoms with van der Waals surface area (Å²) in [4.78, 5) is 13.3. The molecule has 4 heteroatoms. The van der Waals surface area contributed by atoms with Crippen molar-refractivity contribution in [1.82, 2.24) is 0 Å². The molecule has 0 aliphatic carbocycles. The van der Waals surface area contributed by atoms with Gasteiger partial charge in [-0.25, -0.2) is 0 Å². The van der Waals surface area contributed by atoms with E-state index in [0.29, 0.717) is 11.4 Å². The summed E-state index contributed by atoms with van der Waals surface area (Å²) in [6, 6.07) is 19.0. The van der Waals surface area contributed by atoms with Gasteiger partial charge < -0.3 is 10.1 Å². The number of nitrogens with one attached hydrogen (secondary N) is 1. The van der Waals surface area contributed by atoms with E-state index < -0.39 is 0 Å². The molecule has 0 aliphatic heterocycles. The Kier molecular flexibility index (Phi) is 4.74. The van der Waals surface area contributed by atoms with Crippen LogP contribution in [0.2, 0.25) is 0 Å². The molecule has 23 heavy (non-hydrogen) atoms. The normalized spacial score (nSPS) is 10.3. The van der Waals surface area contributed by atoms with Crippen LogP contribution in [0.3, 0.4) is 0 Å². The number of hydrogen-bond donors (Lipinski definition) is 1. The Balaban J connectivity index is 1.82. The Hall–Kier alpha value is -2.59. The maximum absolute atomic E-state index is 12.5. The van der Waals surface area contributed by atoms with Crippen molar-refractivity contribution >= 4 is 22.9 Å². The number of amides is 1. The van der Waals surface area contributed by atoms with Crippen LogP contribution >= 0.6 is 11.3 Å². The van der Waals surface area contributed by atoms with Crippen LogP contribution in [0.1, 0.15) is 22.2 Å². The van der Waals surface area contributed by atoms with E-state index in [9.17, 15) is 4.79 Å². The molecule has 1 N–H and O–H groups in total. The van der Waals surface area contributed by atoms with E-state index in [0.717, 1.165) is 22.6 Å². The summed E-state index contributed by atoms with van der Waals surface area (Å²) in [7, 11) is 0. The molecule has 1 heterocycles. The second kappa shape index (κ2) is 7.11. The lowest BCUT2D eigenvalue weighted by atomic mass is 10.2. The second-order valence-electron chi connectivity index (χ2n) is 4.99. The van der Waals surface area contributed by atoms with E-state index in [-0.39, 0.29) is 5.91 Å². The van der Waals surface area contributed by atoms with Crippen molar-refractivity contribution in [3.63, 3.8) is 0 Å². The van der Waals surface area contributed by atoms with Crippen LogP contribution in [0.15, 0.2) is 66.0 Å². The minimum absolute atomic E-state index is 0.0963. The predicted molar refractivity (Wildman–Crippen MR) is 94.6 cm³/mol. The quantitative estimate of drug-likeness (QED) is 0.687. The lowest BCUT2D eigenvalue weighted by molar-refractivity contribution is 0.102. The number of carbonyl (C=O) groups is 1. The number of aryl methyl sites for hydroxylation is 1. The van der Waals surface area contributed by atoms with Crippen molar-refractivity contribution < 1.29 is 9.53 Å². The third-order valence-corrected chi connectivity index (χ3v) is 4.40. The van der Waals surface area contributed by atoms with Crippen molar-refractivity contribution in [2.24, 2.45) is 0 Å². The van der Waals surface area contributed by atoms with Gasteiger partial charge in [-0.1, -0.05) is 37.3 Å². The molecular weight excluding hydrogens is 306 g/mol. The Labute approximate surface area is 139 Å². The van der Waals surface area contributed by atoms with Crippen LogP contribution < -0.4 is 10.1 Å². The van der Waals surface area contributed by atoms with Crippen LogP contribution in [0, 0.1) is 0 Å². The van der Waals surface area contributed by atoms with Crippen molar-refractivity contribution in [1.29, 1.82) is 0 Å². The molecule has 0 bridgehead atoms. The Morgan fingerprint density at radius 3 is 2.57 bits per heavy atom. The van der Waals surface area contributed by atoms with Crippen molar-refractivity contribution in [2.45, 2.75) is 13.3 Å². The number of hydrogen-bond acceptors (Lipinski definition) is 3. The second-order valence-corrected chi connectivity index (χ2v) is 5.91. The Morgan fingerprint density at radius 2 is 1.78 bits per heavy atom. The molecule has 3 nitrogen and oxygen atoms in total. The van der Waals surface area contributed by atoms with Gasteiger partial charge in [0, 0.05) is 0 Å². The van der Waals surface area contributed by atoms with Crippen molar-refractivity contribution in [2.75, 3.05) is 5.32 Å². The number of ether oxygens (including phenoxy) is 1. The summed E-state index contributed by atoms with van der Waals surface area (Å²) in [5, 5.41) is 4.90. The number of benzene rings is 2. The van der Waals surface area contributed by atoms with Gasteiger partial charge in [-0.15, -0.1) is 11.3 Å². The van der Waals surface area contributed by atoms with Crippen LogP contribution in [-0.4, -0.2) is 5.91 Å². The average molecular weight is 323 g/mol. The van der Waals surface area contributed by atoms with Crippen LogP contribution in [0.25, 0.3) is 0 Å². The molecule has 0 aliphatic rings. The van der Waals surface area contributed by atoms with Gasteiger partial charge in [-0.05, 0) is 47.7 Å². The molecule has 0 spiro atoms. The summed E-state index contributed by atoms with van der Waals surface area (Å²) in [6.07, 6.45) is 0.842. The summed E-state index contributed by atoms with van der Waals surface area (Å²) in [5.74, 6) is 1.27. The standard InChI is InChI=1S/C19H17NO2S/c1-2-14-12-13-23-18(14)19(21)20-16-10-6-7-11-17(16)22-15-8-4-3-5-9-15/h3-13H,2H2,1H3,(H,20,21). The van der Waals surface area contributed by atoms with Gasteiger partial charge >= 0.3 is 0 Å². The molecule has 1 aromatic heterocycles. The van der Waals surface area contributed by atoms with Crippen LogP contribution in [0.4, 0.5) is 5.69 Å². The summed E-state index contributed by atoms with van der Waals surface area (Å²) < 4.78 is 5.87. The Bertz CT molecular complexity index is 796. The highest BCUT2D eigenvalue weighted by Crippen LogP contribution is 2.30. The van der Waals surface area contributed by atoms with Gasteiger partial charge in [-0.2, -0.15) is 0 Å². The number of para-hydroxylation sites is 3. The maximum atomic E-state index is 12.5. The van der Waals surface area contributed by atoms with Gasteiger partial charge in [0.2, 0.25) is 0 Å².